The van der Waals surface area contributed by atoms with Gasteiger partial charge >= 0.3 is 0 Å². The summed E-state index contributed by atoms with van der Waals surface area (Å²) in [5, 5.41) is 0.490. The molecule has 3 aromatic rings. The van der Waals surface area contributed by atoms with Crippen LogP contribution in [0.5, 0.6) is 0 Å². The molecule has 1 N–H and O–H groups in total. The van der Waals surface area contributed by atoms with E-state index >= 15 is 0 Å². The maximum Gasteiger partial charge on any atom is 0.240 e. The fourth-order valence-electron chi connectivity index (χ4n) is 3.38. The molecule has 6 nitrogen and oxygen atoms in total. The van der Waals surface area contributed by atoms with Gasteiger partial charge in [-0.15, -0.1) is 0 Å². The fourth-order valence-corrected chi connectivity index (χ4v) is 4.54. The standard InChI is InChI=1S/C23H27ClN2O4S/c1-29-15-6-14-26(18-21-9-5-16-30-21)23(19-7-3-2-4-8-19)17-25-31(27,28)22-12-10-20(24)11-13-22/h2-5,7-13,16,23,25H,6,14-15,17-18H2,1H3. The second-order valence-corrected chi connectivity index (χ2v) is 9.33. The number of sulfonamides is 1. The van der Waals surface area contributed by atoms with Crippen LogP contribution in [0.3, 0.4) is 0 Å². The van der Waals surface area contributed by atoms with E-state index in [-0.39, 0.29) is 17.5 Å². The Balaban J connectivity index is 1.84. The van der Waals surface area contributed by atoms with Crippen molar-refractivity contribution in [2.24, 2.45) is 0 Å². The summed E-state index contributed by atoms with van der Waals surface area (Å²) in [6, 6.07) is 19.6. The Morgan fingerprint density at radius 3 is 2.45 bits per heavy atom. The first kappa shape index (κ1) is 23.5. The predicted molar refractivity (Wildman–Crippen MR) is 121 cm³/mol. The van der Waals surface area contributed by atoms with Crippen LogP contribution in [0.1, 0.15) is 23.8 Å². The normalized spacial score (nSPS) is 12.9. The van der Waals surface area contributed by atoms with Gasteiger partial charge in [0.25, 0.3) is 0 Å². The minimum atomic E-state index is -3.68. The molecule has 1 unspecified atom stereocenters. The van der Waals surface area contributed by atoms with Crippen LogP contribution in [-0.4, -0.2) is 40.1 Å². The lowest BCUT2D eigenvalue weighted by Gasteiger charge is -2.31. The van der Waals surface area contributed by atoms with Crippen LogP contribution < -0.4 is 4.72 Å². The van der Waals surface area contributed by atoms with Crippen LogP contribution in [0.15, 0.2) is 82.3 Å². The second-order valence-electron chi connectivity index (χ2n) is 7.13. The molecule has 0 amide bonds. The Morgan fingerprint density at radius 1 is 1.06 bits per heavy atom. The van der Waals surface area contributed by atoms with Crippen molar-refractivity contribution in [1.82, 2.24) is 9.62 Å². The van der Waals surface area contributed by atoms with E-state index in [4.69, 9.17) is 20.8 Å². The summed E-state index contributed by atoms with van der Waals surface area (Å²) < 4.78 is 39.3. The van der Waals surface area contributed by atoms with Crippen molar-refractivity contribution in [3.8, 4) is 0 Å². The summed E-state index contributed by atoms with van der Waals surface area (Å²) in [5.74, 6) is 0.818. The Bertz CT molecular complexity index is 1010. The molecule has 0 radical (unpaired) electrons. The molecule has 166 valence electrons. The number of methoxy groups -OCH3 is 1. The van der Waals surface area contributed by atoms with E-state index < -0.39 is 10.0 Å². The van der Waals surface area contributed by atoms with Crippen molar-refractivity contribution >= 4 is 21.6 Å². The lowest BCUT2D eigenvalue weighted by molar-refractivity contribution is 0.137. The number of hydrogen-bond donors (Lipinski definition) is 1. The molecular formula is C23H27ClN2O4S. The number of benzene rings is 2. The van der Waals surface area contributed by atoms with Gasteiger partial charge in [0.05, 0.1) is 17.7 Å². The summed E-state index contributed by atoms with van der Waals surface area (Å²) in [6.07, 6.45) is 2.45. The third kappa shape index (κ3) is 6.92. The van der Waals surface area contributed by atoms with Gasteiger partial charge in [-0.2, -0.15) is 0 Å². The summed E-state index contributed by atoms with van der Waals surface area (Å²) in [5.41, 5.74) is 1.02. The predicted octanol–water partition coefficient (Wildman–Crippen LogP) is 4.49. The monoisotopic (exact) mass is 462 g/mol. The lowest BCUT2D eigenvalue weighted by Crippen LogP contribution is -2.38. The van der Waals surface area contributed by atoms with Gasteiger partial charge in [-0.25, -0.2) is 13.1 Å². The molecular weight excluding hydrogens is 436 g/mol. The zero-order valence-corrected chi connectivity index (χ0v) is 19.0. The highest BCUT2D eigenvalue weighted by molar-refractivity contribution is 7.89. The first-order valence-electron chi connectivity index (χ1n) is 10.0. The smallest absolute Gasteiger partial charge is 0.240 e. The molecule has 0 aliphatic heterocycles. The van der Waals surface area contributed by atoms with Crippen LogP contribution in [0.2, 0.25) is 5.02 Å². The first-order valence-corrected chi connectivity index (χ1v) is 11.9. The molecule has 8 heteroatoms. The van der Waals surface area contributed by atoms with E-state index in [0.717, 1.165) is 24.3 Å². The zero-order chi connectivity index (χ0) is 22.1. The van der Waals surface area contributed by atoms with Gasteiger partial charge in [0.15, 0.2) is 0 Å². The van der Waals surface area contributed by atoms with Gasteiger partial charge in [-0.1, -0.05) is 41.9 Å². The van der Waals surface area contributed by atoms with Crippen molar-refractivity contribution in [1.29, 1.82) is 0 Å². The average Bonchev–Trinajstić information content (AvgIpc) is 3.28. The van der Waals surface area contributed by atoms with Crippen molar-refractivity contribution in [3.63, 3.8) is 0 Å². The van der Waals surface area contributed by atoms with E-state index in [1.54, 1.807) is 25.5 Å². The quantitative estimate of drug-likeness (QED) is 0.401. The molecule has 2 aromatic carbocycles. The van der Waals surface area contributed by atoms with E-state index in [0.29, 0.717) is 18.2 Å². The molecule has 0 spiro atoms. The van der Waals surface area contributed by atoms with E-state index in [1.807, 2.05) is 42.5 Å². The number of rotatable bonds is 12. The topological polar surface area (TPSA) is 71.8 Å². The molecule has 1 atom stereocenters. The van der Waals surface area contributed by atoms with Crippen molar-refractivity contribution < 1.29 is 17.6 Å². The molecule has 3 rings (SSSR count). The van der Waals surface area contributed by atoms with Gasteiger partial charge in [0.1, 0.15) is 5.76 Å². The molecule has 0 saturated heterocycles. The molecule has 0 aliphatic carbocycles. The number of furan rings is 1. The van der Waals surface area contributed by atoms with E-state index in [1.165, 1.54) is 12.1 Å². The number of hydrogen-bond acceptors (Lipinski definition) is 5. The van der Waals surface area contributed by atoms with Crippen LogP contribution in [0.4, 0.5) is 0 Å². The molecule has 0 bridgehead atoms. The summed E-state index contributed by atoms with van der Waals surface area (Å²) in [7, 11) is -2.01. The third-order valence-electron chi connectivity index (χ3n) is 4.95. The average molecular weight is 463 g/mol. The summed E-state index contributed by atoms with van der Waals surface area (Å²) in [6.45, 7) is 2.10. The van der Waals surface area contributed by atoms with Gasteiger partial charge in [-0.3, -0.25) is 4.90 Å². The first-order chi connectivity index (χ1) is 15.0. The summed E-state index contributed by atoms with van der Waals surface area (Å²) in [4.78, 5) is 2.39. The number of nitrogens with zero attached hydrogens (tertiary/aromatic N) is 1. The Kier molecular flexibility index (Phi) is 8.69. The minimum Gasteiger partial charge on any atom is -0.468 e. The zero-order valence-electron chi connectivity index (χ0n) is 17.4. The Morgan fingerprint density at radius 2 is 1.81 bits per heavy atom. The Hall–Kier alpha value is -2.16. The minimum absolute atomic E-state index is 0.181. The highest BCUT2D eigenvalue weighted by Gasteiger charge is 2.24. The van der Waals surface area contributed by atoms with E-state index in [9.17, 15) is 8.42 Å². The van der Waals surface area contributed by atoms with Crippen molar-refractivity contribution in [2.75, 3.05) is 26.8 Å². The van der Waals surface area contributed by atoms with Gasteiger partial charge in [0.2, 0.25) is 10.0 Å². The van der Waals surface area contributed by atoms with E-state index in [2.05, 4.69) is 9.62 Å². The molecule has 0 saturated carbocycles. The van der Waals surface area contributed by atoms with Gasteiger partial charge in [0, 0.05) is 37.9 Å². The van der Waals surface area contributed by atoms with Crippen LogP contribution in [0, 0.1) is 0 Å². The molecule has 1 aromatic heterocycles. The highest BCUT2D eigenvalue weighted by Crippen LogP contribution is 2.24. The SMILES string of the molecule is COCCCN(Cc1ccco1)C(CNS(=O)(=O)c1ccc(Cl)cc1)c1ccccc1. The van der Waals surface area contributed by atoms with Crippen molar-refractivity contribution in [3.05, 3.63) is 89.3 Å². The lowest BCUT2D eigenvalue weighted by atomic mass is 10.0. The second kappa shape index (κ2) is 11.5. The largest absolute Gasteiger partial charge is 0.468 e. The maximum absolute atomic E-state index is 12.9. The number of ether oxygens (including phenoxy) is 1. The highest BCUT2D eigenvalue weighted by atomic mass is 35.5. The molecule has 31 heavy (non-hydrogen) atoms. The fraction of sp³-hybridized carbons (Fsp3) is 0.304. The van der Waals surface area contributed by atoms with Crippen molar-refractivity contribution in [2.45, 2.75) is 23.9 Å². The third-order valence-corrected chi connectivity index (χ3v) is 6.64. The Labute approximate surface area is 188 Å². The molecule has 1 heterocycles. The van der Waals surface area contributed by atoms with Gasteiger partial charge < -0.3 is 9.15 Å². The molecule has 0 aliphatic rings. The number of halogens is 1. The maximum atomic E-state index is 12.9. The summed E-state index contributed by atoms with van der Waals surface area (Å²) >= 11 is 5.90. The number of nitrogens with one attached hydrogen (secondary N) is 1. The van der Waals surface area contributed by atoms with Crippen LogP contribution >= 0.6 is 11.6 Å². The molecule has 0 fully saturated rings. The van der Waals surface area contributed by atoms with Crippen LogP contribution in [0.25, 0.3) is 0 Å². The van der Waals surface area contributed by atoms with Crippen LogP contribution in [-0.2, 0) is 21.3 Å². The van der Waals surface area contributed by atoms with Gasteiger partial charge in [-0.05, 0) is 48.4 Å².